The lowest BCUT2D eigenvalue weighted by Gasteiger charge is -2.03. The van der Waals surface area contributed by atoms with Crippen molar-refractivity contribution in [2.24, 2.45) is 0 Å². The smallest absolute Gasteiger partial charge is 0.0794 e. The van der Waals surface area contributed by atoms with E-state index in [2.05, 4.69) is 4.98 Å². The molecule has 0 fully saturated rings. The quantitative estimate of drug-likeness (QED) is 0.797. The summed E-state index contributed by atoms with van der Waals surface area (Å²) in [5, 5.41) is 0.676. The van der Waals surface area contributed by atoms with Gasteiger partial charge < -0.3 is 5.73 Å². The fourth-order valence-electron chi connectivity index (χ4n) is 1.24. The summed E-state index contributed by atoms with van der Waals surface area (Å²) < 4.78 is 0. The van der Waals surface area contributed by atoms with Crippen LogP contribution in [0.3, 0.4) is 0 Å². The Morgan fingerprint density at radius 2 is 2.29 bits per heavy atom. The van der Waals surface area contributed by atoms with Crippen LogP contribution in [0, 0.1) is 0 Å². The van der Waals surface area contributed by atoms with Crippen LogP contribution in [0.5, 0.6) is 0 Å². The minimum Gasteiger partial charge on any atom is -0.398 e. The largest absolute Gasteiger partial charge is 0.398 e. The number of aromatic nitrogens is 1. The number of nitrogens with two attached hydrogens (primary N) is 1. The van der Waals surface area contributed by atoms with Gasteiger partial charge in [0.25, 0.3) is 0 Å². The van der Waals surface area contributed by atoms with E-state index in [4.69, 9.17) is 17.3 Å². The first kappa shape index (κ1) is 9.49. The Balaban J connectivity index is 2.25. The number of rotatable bonds is 2. The van der Waals surface area contributed by atoms with Gasteiger partial charge in [-0.15, -0.1) is 11.3 Å². The third-order valence-corrected chi connectivity index (χ3v) is 2.97. The minimum absolute atomic E-state index is 0.676. The standard InChI is InChI=1S/C10H9ClN2S/c11-8-2-1-7(10(12)4-8)3-9-5-13-6-14-9/h1-2,4-6H,3,12H2. The second kappa shape index (κ2) is 3.98. The Morgan fingerprint density at radius 1 is 1.43 bits per heavy atom. The van der Waals surface area contributed by atoms with E-state index < -0.39 is 0 Å². The topological polar surface area (TPSA) is 38.9 Å². The molecular formula is C10H9ClN2S. The lowest BCUT2D eigenvalue weighted by molar-refractivity contribution is 1.22. The molecule has 0 aliphatic carbocycles. The van der Waals surface area contributed by atoms with Crippen LogP contribution in [0.2, 0.25) is 5.02 Å². The normalized spacial score (nSPS) is 10.4. The molecule has 72 valence electrons. The highest BCUT2D eigenvalue weighted by Crippen LogP contribution is 2.21. The Bertz CT molecular complexity index is 426. The van der Waals surface area contributed by atoms with E-state index in [-0.39, 0.29) is 0 Å². The molecule has 0 atom stereocenters. The lowest BCUT2D eigenvalue weighted by atomic mass is 10.1. The lowest BCUT2D eigenvalue weighted by Crippen LogP contribution is -1.94. The molecule has 0 aliphatic rings. The van der Waals surface area contributed by atoms with Crippen molar-refractivity contribution >= 4 is 28.6 Å². The van der Waals surface area contributed by atoms with Crippen molar-refractivity contribution in [1.29, 1.82) is 0 Å². The highest BCUT2D eigenvalue weighted by molar-refractivity contribution is 7.09. The van der Waals surface area contributed by atoms with Gasteiger partial charge in [0.15, 0.2) is 0 Å². The van der Waals surface area contributed by atoms with Crippen LogP contribution in [0.1, 0.15) is 10.4 Å². The molecule has 1 aromatic carbocycles. The second-order valence-corrected chi connectivity index (χ2v) is 4.39. The molecular weight excluding hydrogens is 216 g/mol. The number of nitrogens with zero attached hydrogens (tertiary/aromatic N) is 1. The van der Waals surface area contributed by atoms with Crippen LogP contribution in [-0.2, 0) is 6.42 Å². The minimum atomic E-state index is 0.676. The van der Waals surface area contributed by atoms with E-state index in [1.165, 1.54) is 4.88 Å². The van der Waals surface area contributed by atoms with Crippen LogP contribution in [0.4, 0.5) is 5.69 Å². The van der Waals surface area contributed by atoms with Gasteiger partial charge in [0.2, 0.25) is 0 Å². The van der Waals surface area contributed by atoms with Gasteiger partial charge in [0.05, 0.1) is 5.51 Å². The van der Waals surface area contributed by atoms with Crippen molar-refractivity contribution in [3.8, 4) is 0 Å². The molecule has 0 unspecified atom stereocenters. The van der Waals surface area contributed by atoms with Gasteiger partial charge in [-0.1, -0.05) is 17.7 Å². The number of hydrogen-bond acceptors (Lipinski definition) is 3. The monoisotopic (exact) mass is 224 g/mol. The van der Waals surface area contributed by atoms with Gasteiger partial charge in [0.1, 0.15) is 0 Å². The summed E-state index contributed by atoms with van der Waals surface area (Å²) >= 11 is 7.44. The van der Waals surface area contributed by atoms with Crippen LogP contribution in [0.25, 0.3) is 0 Å². The second-order valence-electron chi connectivity index (χ2n) is 2.99. The van der Waals surface area contributed by atoms with Gasteiger partial charge in [-0.25, -0.2) is 0 Å². The predicted molar refractivity (Wildman–Crippen MR) is 60.8 cm³/mol. The first-order chi connectivity index (χ1) is 6.75. The van der Waals surface area contributed by atoms with E-state index in [1.54, 1.807) is 17.4 Å². The molecule has 2 rings (SSSR count). The molecule has 1 heterocycles. The molecule has 2 aromatic rings. The van der Waals surface area contributed by atoms with Crippen LogP contribution < -0.4 is 5.73 Å². The summed E-state index contributed by atoms with van der Waals surface area (Å²) in [7, 11) is 0. The molecule has 14 heavy (non-hydrogen) atoms. The van der Waals surface area contributed by atoms with E-state index in [0.29, 0.717) is 5.02 Å². The zero-order valence-corrected chi connectivity index (χ0v) is 8.98. The summed E-state index contributed by atoms with van der Waals surface area (Å²) in [6.45, 7) is 0. The van der Waals surface area contributed by atoms with Crippen molar-refractivity contribution in [1.82, 2.24) is 4.98 Å². The molecule has 0 amide bonds. The van der Waals surface area contributed by atoms with Crippen LogP contribution in [0.15, 0.2) is 29.9 Å². The summed E-state index contributed by atoms with van der Waals surface area (Å²) in [4.78, 5) is 5.22. The maximum absolute atomic E-state index is 5.84. The average molecular weight is 225 g/mol. The first-order valence-electron chi connectivity index (χ1n) is 4.17. The van der Waals surface area contributed by atoms with Gasteiger partial charge in [-0.05, 0) is 17.7 Å². The number of thiazole rings is 1. The van der Waals surface area contributed by atoms with Gasteiger partial charge in [-0.3, -0.25) is 4.98 Å². The zero-order valence-electron chi connectivity index (χ0n) is 7.40. The number of nitrogen functional groups attached to an aromatic ring is 1. The van der Waals surface area contributed by atoms with Crippen molar-refractivity contribution < 1.29 is 0 Å². The third kappa shape index (κ3) is 2.05. The van der Waals surface area contributed by atoms with Crippen LogP contribution >= 0.6 is 22.9 Å². The Hall–Kier alpha value is -1.06. The summed E-state index contributed by atoms with van der Waals surface area (Å²) in [5.41, 5.74) is 9.50. The molecule has 0 radical (unpaired) electrons. The first-order valence-corrected chi connectivity index (χ1v) is 5.43. The molecule has 4 heteroatoms. The molecule has 0 saturated heterocycles. The van der Waals surface area contributed by atoms with E-state index in [9.17, 15) is 0 Å². The van der Waals surface area contributed by atoms with Crippen molar-refractivity contribution in [3.05, 3.63) is 45.4 Å². The fourth-order valence-corrected chi connectivity index (χ4v) is 2.04. The summed E-state index contributed by atoms with van der Waals surface area (Å²) in [5.74, 6) is 0. The molecule has 0 spiro atoms. The van der Waals surface area contributed by atoms with Gasteiger partial charge >= 0.3 is 0 Å². The van der Waals surface area contributed by atoms with E-state index in [0.717, 1.165) is 17.7 Å². The summed E-state index contributed by atoms with van der Waals surface area (Å²) in [6, 6.07) is 5.59. The molecule has 1 aromatic heterocycles. The Kier molecular flexibility index (Phi) is 2.70. The zero-order chi connectivity index (χ0) is 9.97. The van der Waals surface area contributed by atoms with E-state index >= 15 is 0 Å². The van der Waals surface area contributed by atoms with Crippen molar-refractivity contribution in [2.75, 3.05) is 5.73 Å². The number of benzene rings is 1. The third-order valence-electron chi connectivity index (χ3n) is 1.96. The predicted octanol–water partition coefficient (Wildman–Crippen LogP) is 2.97. The average Bonchev–Trinajstić information content (AvgIpc) is 2.62. The molecule has 0 bridgehead atoms. The maximum atomic E-state index is 5.84. The van der Waals surface area contributed by atoms with Crippen LogP contribution in [-0.4, -0.2) is 4.98 Å². The number of anilines is 1. The van der Waals surface area contributed by atoms with Gasteiger partial charge in [0, 0.05) is 28.2 Å². The van der Waals surface area contributed by atoms with Crippen molar-refractivity contribution in [3.63, 3.8) is 0 Å². The highest BCUT2D eigenvalue weighted by Gasteiger charge is 2.02. The van der Waals surface area contributed by atoms with Gasteiger partial charge in [-0.2, -0.15) is 0 Å². The molecule has 2 nitrogen and oxygen atoms in total. The SMILES string of the molecule is Nc1cc(Cl)ccc1Cc1cncs1. The molecule has 2 N–H and O–H groups in total. The molecule has 0 saturated carbocycles. The van der Waals surface area contributed by atoms with Crippen molar-refractivity contribution in [2.45, 2.75) is 6.42 Å². The fraction of sp³-hybridized carbons (Fsp3) is 0.100. The maximum Gasteiger partial charge on any atom is 0.0794 e. The summed E-state index contributed by atoms with van der Waals surface area (Å²) in [6.07, 6.45) is 2.69. The number of halogens is 1. The Labute approximate surface area is 91.4 Å². The number of hydrogen-bond donors (Lipinski definition) is 1. The van der Waals surface area contributed by atoms with E-state index in [1.807, 2.05) is 23.8 Å². The highest BCUT2D eigenvalue weighted by atomic mass is 35.5. The molecule has 0 aliphatic heterocycles. The Morgan fingerprint density at radius 3 is 2.93 bits per heavy atom.